The summed E-state index contributed by atoms with van der Waals surface area (Å²) in [5.41, 5.74) is 2.57. The molecule has 2 N–H and O–H groups in total. The standard InChI is InChI=1S/C31H44ClN3O2S.BrH/c1-2-3-4-5-6-7-8-9-10-11-12-13-21-37-30-19-18-28(23-29(30)32)34-31(36)33-27-16-14-26(15-17-27)24-35-20-22-38-25-35;/h14-20,22-23H,2-13,21,24-25H2,1H3,(H2,33,34,36);1H. The van der Waals surface area contributed by atoms with E-state index >= 15 is 0 Å². The number of nitrogens with one attached hydrogen (secondary N) is 2. The van der Waals surface area contributed by atoms with Crippen molar-refractivity contribution >= 4 is 57.8 Å². The predicted octanol–water partition coefficient (Wildman–Crippen LogP) is 10.6. The van der Waals surface area contributed by atoms with Crippen molar-refractivity contribution in [2.75, 3.05) is 23.1 Å². The first-order valence-corrected chi connectivity index (χ1v) is 15.7. The van der Waals surface area contributed by atoms with Gasteiger partial charge in [-0.25, -0.2) is 4.79 Å². The zero-order chi connectivity index (χ0) is 26.8. The van der Waals surface area contributed by atoms with E-state index in [1.165, 1.54) is 76.2 Å². The van der Waals surface area contributed by atoms with Gasteiger partial charge in [0.15, 0.2) is 0 Å². The summed E-state index contributed by atoms with van der Waals surface area (Å²) in [6.07, 6.45) is 17.9. The van der Waals surface area contributed by atoms with E-state index in [4.69, 9.17) is 16.3 Å². The Kier molecular flexibility index (Phi) is 17.2. The van der Waals surface area contributed by atoms with Crippen molar-refractivity contribution in [1.29, 1.82) is 0 Å². The molecule has 2 aromatic rings. The molecule has 2 amide bonds. The highest BCUT2D eigenvalue weighted by Gasteiger charge is 2.08. The number of unbranched alkanes of at least 4 members (excludes halogenated alkanes) is 11. The van der Waals surface area contributed by atoms with Gasteiger partial charge in [-0.1, -0.05) is 101 Å². The second kappa shape index (κ2) is 20.1. The lowest BCUT2D eigenvalue weighted by Crippen LogP contribution is -2.19. The third-order valence-electron chi connectivity index (χ3n) is 6.65. The molecule has 39 heavy (non-hydrogen) atoms. The van der Waals surface area contributed by atoms with Crippen LogP contribution in [0.1, 0.15) is 89.5 Å². The predicted molar refractivity (Wildman–Crippen MR) is 175 cm³/mol. The SMILES string of the molecule is Br.CCCCCCCCCCCCCCOc1ccc(NC(=O)Nc2ccc(CN3C=CSC3)cc2)cc1Cl. The van der Waals surface area contributed by atoms with Gasteiger partial charge >= 0.3 is 6.03 Å². The molecule has 1 heterocycles. The topological polar surface area (TPSA) is 53.6 Å². The average Bonchev–Trinajstić information content (AvgIpc) is 3.42. The monoisotopic (exact) mass is 637 g/mol. The molecular weight excluding hydrogens is 594 g/mol. The maximum Gasteiger partial charge on any atom is 0.323 e. The molecule has 0 aromatic heterocycles. The first-order chi connectivity index (χ1) is 18.6. The molecule has 0 spiro atoms. The number of halogens is 2. The summed E-state index contributed by atoms with van der Waals surface area (Å²) >= 11 is 8.19. The van der Waals surface area contributed by atoms with Crippen LogP contribution in [-0.4, -0.2) is 23.4 Å². The zero-order valence-electron chi connectivity index (χ0n) is 23.3. The van der Waals surface area contributed by atoms with E-state index in [0.29, 0.717) is 23.1 Å². The number of hydrogen-bond donors (Lipinski definition) is 2. The third kappa shape index (κ3) is 13.9. The van der Waals surface area contributed by atoms with Crippen LogP contribution in [0.2, 0.25) is 5.02 Å². The number of benzene rings is 2. The lowest BCUT2D eigenvalue weighted by atomic mass is 10.1. The molecule has 0 unspecified atom stereocenters. The number of thioether (sulfide) groups is 1. The van der Waals surface area contributed by atoms with E-state index in [1.807, 2.05) is 36.4 Å². The van der Waals surface area contributed by atoms with Gasteiger partial charge in [-0.15, -0.1) is 28.7 Å². The highest BCUT2D eigenvalue weighted by Crippen LogP contribution is 2.28. The van der Waals surface area contributed by atoms with Crippen molar-refractivity contribution in [3.8, 4) is 5.75 Å². The average molecular weight is 639 g/mol. The van der Waals surface area contributed by atoms with Crippen LogP contribution in [0.15, 0.2) is 54.1 Å². The van der Waals surface area contributed by atoms with Crippen molar-refractivity contribution in [2.45, 2.75) is 90.5 Å². The summed E-state index contributed by atoms with van der Waals surface area (Å²) in [6, 6.07) is 13.0. The molecule has 0 saturated carbocycles. The lowest BCUT2D eigenvalue weighted by molar-refractivity contribution is 0.262. The molecule has 1 aliphatic rings. The van der Waals surface area contributed by atoms with E-state index in [-0.39, 0.29) is 23.0 Å². The summed E-state index contributed by atoms with van der Waals surface area (Å²) < 4.78 is 5.87. The minimum absolute atomic E-state index is 0. The Balaban J connectivity index is 0.00000533. The van der Waals surface area contributed by atoms with Gasteiger partial charge < -0.3 is 20.3 Å². The molecule has 0 aliphatic carbocycles. The van der Waals surface area contributed by atoms with Gasteiger partial charge in [0, 0.05) is 24.1 Å². The van der Waals surface area contributed by atoms with Crippen LogP contribution >= 0.6 is 40.3 Å². The molecule has 0 fully saturated rings. The van der Waals surface area contributed by atoms with E-state index in [1.54, 1.807) is 17.8 Å². The Morgan fingerprint density at radius 1 is 0.872 bits per heavy atom. The number of nitrogens with zero attached hydrogens (tertiary/aromatic N) is 1. The molecule has 1 aliphatic heterocycles. The maximum absolute atomic E-state index is 12.4. The van der Waals surface area contributed by atoms with Crippen LogP contribution in [0.5, 0.6) is 5.75 Å². The molecule has 8 heteroatoms. The van der Waals surface area contributed by atoms with Crippen LogP contribution in [0.25, 0.3) is 0 Å². The van der Waals surface area contributed by atoms with E-state index < -0.39 is 0 Å². The van der Waals surface area contributed by atoms with E-state index in [9.17, 15) is 4.79 Å². The van der Waals surface area contributed by atoms with E-state index in [0.717, 1.165) is 24.5 Å². The third-order valence-corrected chi connectivity index (χ3v) is 7.74. The van der Waals surface area contributed by atoms with Gasteiger partial charge in [0.05, 0.1) is 17.5 Å². The van der Waals surface area contributed by atoms with Gasteiger partial charge in [-0.2, -0.15) is 0 Å². The van der Waals surface area contributed by atoms with Crippen LogP contribution < -0.4 is 15.4 Å². The fourth-order valence-corrected chi connectivity index (χ4v) is 5.40. The van der Waals surface area contributed by atoms with Crippen LogP contribution in [-0.2, 0) is 6.54 Å². The molecule has 2 aromatic carbocycles. The van der Waals surface area contributed by atoms with Crippen molar-refractivity contribution in [2.24, 2.45) is 0 Å². The van der Waals surface area contributed by atoms with Crippen molar-refractivity contribution in [3.05, 3.63) is 64.7 Å². The smallest absolute Gasteiger partial charge is 0.323 e. The van der Waals surface area contributed by atoms with Gasteiger partial charge in [0.2, 0.25) is 0 Å². The summed E-state index contributed by atoms with van der Waals surface area (Å²) in [7, 11) is 0. The number of carbonyl (C=O) groups excluding carboxylic acids is 1. The number of ether oxygens (including phenoxy) is 1. The number of urea groups is 1. The van der Waals surface area contributed by atoms with E-state index in [2.05, 4.69) is 34.1 Å². The molecule has 5 nitrogen and oxygen atoms in total. The highest BCUT2D eigenvalue weighted by molar-refractivity contribution is 8.93. The number of anilines is 2. The quantitative estimate of drug-likeness (QED) is 0.160. The van der Waals surface area contributed by atoms with Crippen molar-refractivity contribution in [1.82, 2.24) is 4.90 Å². The number of carbonyl (C=O) groups is 1. The molecule has 0 radical (unpaired) electrons. The fraction of sp³-hybridized carbons (Fsp3) is 0.516. The summed E-state index contributed by atoms with van der Waals surface area (Å²) in [6.45, 7) is 3.79. The summed E-state index contributed by atoms with van der Waals surface area (Å²) in [5, 5.41) is 8.31. The van der Waals surface area contributed by atoms with Crippen LogP contribution in [0.3, 0.4) is 0 Å². The molecule has 3 rings (SSSR count). The van der Waals surface area contributed by atoms with Crippen molar-refractivity contribution < 1.29 is 9.53 Å². The zero-order valence-corrected chi connectivity index (χ0v) is 26.5. The minimum atomic E-state index is -0.308. The van der Waals surface area contributed by atoms with Gasteiger partial charge in [-0.3, -0.25) is 0 Å². The minimum Gasteiger partial charge on any atom is -0.492 e. The van der Waals surface area contributed by atoms with Crippen LogP contribution in [0.4, 0.5) is 16.2 Å². The summed E-state index contributed by atoms with van der Waals surface area (Å²) in [5.74, 6) is 1.64. The van der Waals surface area contributed by atoms with Crippen molar-refractivity contribution in [3.63, 3.8) is 0 Å². The second-order valence-corrected chi connectivity index (χ2v) is 11.3. The summed E-state index contributed by atoms with van der Waals surface area (Å²) in [4.78, 5) is 14.7. The molecule has 216 valence electrons. The van der Waals surface area contributed by atoms with Crippen LogP contribution in [0, 0.1) is 0 Å². The lowest BCUT2D eigenvalue weighted by Gasteiger charge is -2.15. The second-order valence-electron chi connectivity index (χ2n) is 9.99. The highest BCUT2D eigenvalue weighted by atomic mass is 79.9. The maximum atomic E-state index is 12.4. The van der Waals surface area contributed by atoms with Gasteiger partial charge in [0.1, 0.15) is 5.75 Å². The fourth-order valence-electron chi connectivity index (χ4n) is 4.45. The number of rotatable bonds is 18. The normalized spacial score (nSPS) is 12.3. The Bertz CT molecular complexity index is 990. The number of amides is 2. The Morgan fingerprint density at radius 3 is 2.05 bits per heavy atom. The molecular formula is C31H45BrClN3O2S. The molecule has 0 atom stereocenters. The Labute approximate surface area is 255 Å². The van der Waals surface area contributed by atoms with Gasteiger partial charge in [0.25, 0.3) is 0 Å². The largest absolute Gasteiger partial charge is 0.492 e. The molecule has 0 bridgehead atoms. The number of hydrogen-bond acceptors (Lipinski definition) is 4. The Morgan fingerprint density at radius 2 is 1.46 bits per heavy atom. The molecule has 0 saturated heterocycles. The Hall–Kier alpha value is -1.83. The first kappa shape index (κ1) is 33.4. The van der Waals surface area contributed by atoms with Gasteiger partial charge in [-0.05, 0) is 47.7 Å². The first-order valence-electron chi connectivity index (χ1n) is 14.3.